The van der Waals surface area contributed by atoms with Gasteiger partial charge in [-0.1, -0.05) is 0 Å². The van der Waals surface area contributed by atoms with Gasteiger partial charge < -0.3 is 10.1 Å². The van der Waals surface area contributed by atoms with Crippen molar-refractivity contribution in [2.75, 3.05) is 19.7 Å². The van der Waals surface area contributed by atoms with Gasteiger partial charge in [0.15, 0.2) is 0 Å². The van der Waals surface area contributed by atoms with Gasteiger partial charge in [-0.25, -0.2) is 0 Å². The highest BCUT2D eigenvalue weighted by Crippen LogP contribution is 2.57. The van der Waals surface area contributed by atoms with Crippen LogP contribution in [0.1, 0.15) is 51.4 Å². The molecule has 4 bridgehead atoms. The summed E-state index contributed by atoms with van der Waals surface area (Å²) in [6.45, 7) is 3.30. The molecule has 1 saturated heterocycles. The number of piperidine rings is 1. The van der Waals surface area contributed by atoms with E-state index >= 15 is 0 Å². The van der Waals surface area contributed by atoms with Gasteiger partial charge >= 0.3 is 0 Å². The average molecular weight is 263 g/mol. The molecule has 0 radical (unpaired) electrons. The molecule has 19 heavy (non-hydrogen) atoms. The Morgan fingerprint density at radius 1 is 0.947 bits per heavy atom. The second kappa shape index (κ2) is 5.37. The van der Waals surface area contributed by atoms with Gasteiger partial charge in [0.25, 0.3) is 0 Å². The van der Waals surface area contributed by atoms with E-state index in [1.54, 1.807) is 32.1 Å². The predicted octanol–water partition coefficient (Wildman–Crippen LogP) is 3.22. The fourth-order valence-electron chi connectivity index (χ4n) is 5.84. The second-order valence-corrected chi connectivity index (χ2v) is 7.72. The molecular formula is C17H29NO. The highest BCUT2D eigenvalue weighted by atomic mass is 16.5. The van der Waals surface area contributed by atoms with Gasteiger partial charge in [0.2, 0.25) is 0 Å². The Bertz CT molecular complexity index is 282. The van der Waals surface area contributed by atoms with Crippen LogP contribution in [0.4, 0.5) is 0 Å². The Morgan fingerprint density at radius 2 is 1.68 bits per heavy atom. The van der Waals surface area contributed by atoms with Crippen molar-refractivity contribution in [1.82, 2.24) is 5.32 Å². The molecule has 1 heterocycles. The first-order valence-electron chi connectivity index (χ1n) is 8.71. The molecule has 2 nitrogen and oxygen atoms in total. The van der Waals surface area contributed by atoms with Crippen molar-refractivity contribution in [3.8, 4) is 0 Å². The maximum Gasteiger partial charge on any atom is 0.0699 e. The van der Waals surface area contributed by atoms with E-state index in [0.717, 1.165) is 42.7 Å². The van der Waals surface area contributed by atoms with Crippen LogP contribution in [0, 0.1) is 29.6 Å². The van der Waals surface area contributed by atoms with E-state index in [1.807, 2.05) is 0 Å². The summed E-state index contributed by atoms with van der Waals surface area (Å²) in [5.41, 5.74) is 0. The number of rotatable bonds is 4. The molecule has 1 aliphatic heterocycles. The summed E-state index contributed by atoms with van der Waals surface area (Å²) in [5.74, 6) is 5.39. The monoisotopic (exact) mass is 263 g/mol. The maximum absolute atomic E-state index is 6.13. The first-order chi connectivity index (χ1) is 9.38. The van der Waals surface area contributed by atoms with Crippen molar-refractivity contribution >= 4 is 0 Å². The molecule has 5 rings (SSSR count). The fraction of sp³-hybridized carbons (Fsp3) is 1.00. The second-order valence-electron chi connectivity index (χ2n) is 7.72. The minimum atomic E-state index is 0.505. The number of hydrogen-bond donors (Lipinski definition) is 1. The first-order valence-corrected chi connectivity index (χ1v) is 8.71. The Balaban J connectivity index is 1.26. The van der Waals surface area contributed by atoms with Crippen LogP contribution in [0.25, 0.3) is 0 Å². The van der Waals surface area contributed by atoms with Crippen molar-refractivity contribution in [2.45, 2.75) is 57.5 Å². The van der Waals surface area contributed by atoms with Crippen LogP contribution in [0.3, 0.4) is 0 Å². The van der Waals surface area contributed by atoms with Crippen LogP contribution in [0.5, 0.6) is 0 Å². The number of nitrogens with one attached hydrogen (secondary N) is 1. The van der Waals surface area contributed by atoms with Crippen LogP contribution in [0.15, 0.2) is 0 Å². The lowest BCUT2D eigenvalue weighted by atomic mass is 9.51. The summed E-state index contributed by atoms with van der Waals surface area (Å²) in [4.78, 5) is 0. The van der Waals surface area contributed by atoms with Gasteiger partial charge in [0, 0.05) is 13.2 Å². The Kier molecular flexibility index (Phi) is 3.57. The molecule has 2 heteroatoms. The third kappa shape index (κ3) is 2.58. The summed E-state index contributed by atoms with van der Waals surface area (Å²) in [7, 11) is 0. The van der Waals surface area contributed by atoms with E-state index in [9.17, 15) is 0 Å². The molecule has 0 aromatic heterocycles. The van der Waals surface area contributed by atoms with E-state index in [1.165, 1.54) is 25.8 Å². The lowest BCUT2D eigenvalue weighted by molar-refractivity contribution is -0.0569. The third-order valence-electron chi connectivity index (χ3n) is 6.48. The largest absolute Gasteiger partial charge is 0.377 e. The van der Waals surface area contributed by atoms with Crippen LogP contribution >= 0.6 is 0 Å². The zero-order valence-electron chi connectivity index (χ0n) is 12.2. The van der Waals surface area contributed by atoms with Crippen molar-refractivity contribution in [3.05, 3.63) is 0 Å². The summed E-state index contributed by atoms with van der Waals surface area (Å²) in [6.07, 6.45) is 12.2. The van der Waals surface area contributed by atoms with Crippen LogP contribution in [-0.4, -0.2) is 25.8 Å². The molecule has 0 aromatic carbocycles. The van der Waals surface area contributed by atoms with E-state index in [-0.39, 0.29) is 0 Å². The maximum atomic E-state index is 6.13. The molecule has 5 aliphatic rings. The average Bonchev–Trinajstić information content (AvgIpc) is 2.42. The quantitative estimate of drug-likeness (QED) is 0.841. The van der Waals surface area contributed by atoms with E-state index < -0.39 is 0 Å². The summed E-state index contributed by atoms with van der Waals surface area (Å²) >= 11 is 0. The number of hydrogen-bond acceptors (Lipinski definition) is 2. The number of ether oxygens (including phenoxy) is 1. The van der Waals surface area contributed by atoms with E-state index in [2.05, 4.69) is 5.32 Å². The van der Waals surface area contributed by atoms with Gasteiger partial charge in [-0.05, 0) is 87.5 Å². The standard InChI is InChI=1S/C17H29NO/c1-2-16(11-18-4-1)19-5-3-17-14-7-12-6-13(9-14)10-15(17)8-12/h12-18H,1-11H2. The van der Waals surface area contributed by atoms with Crippen LogP contribution in [0.2, 0.25) is 0 Å². The first kappa shape index (κ1) is 12.6. The predicted molar refractivity (Wildman–Crippen MR) is 77.0 cm³/mol. The fourth-order valence-corrected chi connectivity index (χ4v) is 5.84. The highest BCUT2D eigenvalue weighted by Gasteiger charge is 2.47. The topological polar surface area (TPSA) is 21.3 Å². The smallest absolute Gasteiger partial charge is 0.0699 e. The van der Waals surface area contributed by atoms with Crippen molar-refractivity contribution < 1.29 is 4.74 Å². The molecule has 5 fully saturated rings. The summed E-state index contributed by atoms with van der Waals surface area (Å²) < 4.78 is 6.13. The molecule has 0 spiro atoms. The van der Waals surface area contributed by atoms with Crippen molar-refractivity contribution in [2.24, 2.45) is 29.6 Å². The van der Waals surface area contributed by atoms with Crippen molar-refractivity contribution in [3.63, 3.8) is 0 Å². The molecule has 0 amide bonds. The lowest BCUT2D eigenvalue weighted by Crippen LogP contribution is -2.45. The Morgan fingerprint density at radius 3 is 2.32 bits per heavy atom. The molecular weight excluding hydrogens is 234 g/mol. The third-order valence-corrected chi connectivity index (χ3v) is 6.48. The summed E-state index contributed by atoms with van der Waals surface area (Å²) in [6, 6.07) is 0. The van der Waals surface area contributed by atoms with Crippen LogP contribution < -0.4 is 5.32 Å². The minimum Gasteiger partial charge on any atom is -0.377 e. The van der Waals surface area contributed by atoms with Crippen molar-refractivity contribution in [1.29, 1.82) is 0 Å². The molecule has 4 saturated carbocycles. The SMILES string of the molecule is C1CNCC(OCCC2C3CC4CC(C3)CC2C4)C1. The zero-order chi connectivity index (χ0) is 12.7. The molecule has 4 aliphatic carbocycles. The van der Waals surface area contributed by atoms with Gasteiger partial charge in [0.05, 0.1) is 6.10 Å². The Hall–Kier alpha value is -0.0800. The molecule has 1 atom stereocenters. The van der Waals surface area contributed by atoms with Gasteiger partial charge in [-0.3, -0.25) is 0 Å². The minimum absolute atomic E-state index is 0.505. The van der Waals surface area contributed by atoms with Crippen LogP contribution in [-0.2, 0) is 4.74 Å². The van der Waals surface area contributed by atoms with E-state index in [0.29, 0.717) is 6.10 Å². The normalized spacial score (nSPS) is 48.6. The van der Waals surface area contributed by atoms with E-state index in [4.69, 9.17) is 4.74 Å². The van der Waals surface area contributed by atoms with Gasteiger partial charge in [-0.2, -0.15) is 0 Å². The molecule has 1 N–H and O–H groups in total. The van der Waals surface area contributed by atoms with Gasteiger partial charge in [0.1, 0.15) is 0 Å². The van der Waals surface area contributed by atoms with Gasteiger partial charge in [-0.15, -0.1) is 0 Å². The highest BCUT2D eigenvalue weighted by molar-refractivity contribution is 4.97. The molecule has 0 aromatic rings. The Labute approximate surface area is 117 Å². The lowest BCUT2D eigenvalue weighted by Gasteiger charge is -2.54. The zero-order valence-corrected chi connectivity index (χ0v) is 12.2. The molecule has 108 valence electrons. The molecule has 1 unspecified atom stereocenters. The summed E-state index contributed by atoms with van der Waals surface area (Å²) in [5, 5.41) is 3.45.